The molecule has 1 heterocycles. The van der Waals surface area contributed by atoms with Crippen LogP contribution in [0.25, 0.3) is 0 Å². The molecule has 0 aliphatic carbocycles. The van der Waals surface area contributed by atoms with Crippen molar-refractivity contribution in [2.45, 2.75) is 39.4 Å². The van der Waals surface area contributed by atoms with Crippen molar-refractivity contribution in [3.05, 3.63) is 53.6 Å². The molecule has 0 fully saturated rings. The molecule has 1 aromatic carbocycles. The zero-order chi connectivity index (χ0) is 18.4. The molecule has 0 saturated carbocycles. The van der Waals surface area contributed by atoms with Gasteiger partial charge in [0.05, 0.1) is 6.33 Å². The van der Waals surface area contributed by atoms with Gasteiger partial charge in [0.1, 0.15) is 6.04 Å². The number of carbonyl (C=O) groups is 2. The van der Waals surface area contributed by atoms with Crippen LogP contribution in [0.3, 0.4) is 0 Å². The Kier molecular flexibility index (Phi) is 6.58. The van der Waals surface area contributed by atoms with Crippen molar-refractivity contribution in [2.24, 2.45) is 5.92 Å². The number of rotatable bonds is 7. The van der Waals surface area contributed by atoms with E-state index in [0.717, 1.165) is 0 Å². The Morgan fingerprint density at radius 2 is 1.84 bits per heavy atom. The average Bonchev–Trinajstić information content (AvgIpc) is 3.05. The number of amides is 2. The fraction of sp³-hybridized carbons (Fsp3) is 0.389. The molecule has 0 saturated heterocycles. The quantitative estimate of drug-likeness (QED) is 0.794. The normalized spacial score (nSPS) is 13.3. The van der Waals surface area contributed by atoms with Crippen LogP contribution >= 0.6 is 11.6 Å². The molecule has 0 unspecified atom stereocenters. The van der Waals surface area contributed by atoms with Crippen LogP contribution in [0.15, 0.2) is 43.0 Å². The zero-order valence-electron chi connectivity index (χ0n) is 14.6. The summed E-state index contributed by atoms with van der Waals surface area (Å²) in [5.41, 5.74) is 0.467. The van der Waals surface area contributed by atoms with E-state index in [1.807, 2.05) is 31.5 Å². The van der Waals surface area contributed by atoms with E-state index in [-0.39, 0.29) is 23.8 Å². The first-order valence-electron chi connectivity index (χ1n) is 8.19. The van der Waals surface area contributed by atoms with Crippen LogP contribution in [0.5, 0.6) is 0 Å². The summed E-state index contributed by atoms with van der Waals surface area (Å²) in [5.74, 6) is -0.547. The van der Waals surface area contributed by atoms with Crippen molar-refractivity contribution >= 4 is 23.4 Å². The van der Waals surface area contributed by atoms with Crippen molar-refractivity contribution in [3.8, 4) is 0 Å². The van der Waals surface area contributed by atoms with Crippen molar-refractivity contribution in [1.29, 1.82) is 0 Å². The third-order valence-electron chi connectivity index (χ3n) is 3.77. The molecule has 2 N–H and O–H groups in total. The lowest BCUT2D eigenvalue weighted by atomic mass is 10.0. The van der Waals surface area contributed by atoms with Crippen molar-refractivity contribution in [2.75, 3.05) is 0 Å². The first-order chi connectivity index (χ1) is 11.9. The highest BCUT2D eigenvalue weighted by molar-refractivity contribution is 6.30. The third-order valence-corrected chi connectivity index (χ3v) is 4.03. The highest BCUT2D eigenvalue weighted by Gasteiger charge is 2.25. The molecule has 1 aromatic heterocycles. The van der Waals surface area contributed by atoms with E-state index in [2.05, 4.69) is 15.6 Å². The highest BCUT2D eigenvalue weighted by atomic mass is 35.5. The SMILES string of the molecule is CC(C)[C@H](NC(=O)c1ccc(Cl)cc1)C(=O)N[C@H](C)Cn1ccnc1. The average molecular weight is 363 g/mol. The minimum atomic E-state index is -0.617. The summed E-state index contributed by atoms with van der Waals surface area (Å²) in [7, 11) is 0. The summed E-state index contributed by atoms with van der Waals surface area (Å²) >= 11 is 5.84. The van der Waals surface area contributed by atoms with Gasteiger partial charge in [0.25, 0.3) is 5.91 Å². The number of aromatic nitrogens is 2. The molecule has 0 radical (unpaired) electrons. The van der Waals surface area contributed by atoms with Gasteiger partial charge in [-0.25, -0.2) is 4.98 Å². The Morgan fingerprint density at radius 3 is 2.40 bits per heavy atom. The summed E-state index contributed by atoms with van der Waals surface area (Å²) in [4.78, 5) is 28.9. The Hall–Kier alpha value is -2.34. The fourth-order valence-electron chi connectivity index (χ4n) is 2.45. The largest absolute Gasteiger partial charge is 0.350 e. The molecule has 2 amide bonds. The van der Waals surface area contributed by atoms with Crippen LogP contribution in [0.1, 0.15) is 31.1 Å². The molecule has 0 spiro atoms. The van der Waals surface area contributed by atoms with Gasteiger partial charge in [-0.1, -0.05) is 25.4 Å². The van der Waals surface area contributed by atoms with Gasteiger partial charge in [-0.2, -0.15) is 0 Å². The molecule has 2 rings (SSSR count). The summed E-state index contributed by atoms with van der Waals surface area (Å²) in [6, 6.07) is 5.86. The highest BCUT2D eigenvalue weighted by Crippen LogP contribution is 2.11. The summed E-state index contributed by atoms with van der Waals surface area (Å²) in [6.07, 6.45) is 5.23. The molecule has 6 nitrogen and oxygen atoms in total. The van der Waals surface area contributed by atoms with Gasteiger partial charge < -0.3 is 15.2 Å². The number of carbonyl (C=O) groups excluding carboxylic acids is 2. The number of imidazole rings is 1. The molecule has 7 heteroatoms. The van der Waals surface area contributed by atoms with Crippen LogP contribution in [-0.2, 0) is 11.3 Å². The van der Waals surface area contributed by atoms with Gasteiger partial charge in [-0.05, 0) is 37.1 Å². The van der Waals surface area contributed by atoms with E-state index in [9.17, 15) is 9.59 Å². The molecular formula is C18H23ClN4O2. The van der Waals surface area contributed by atoms with Gasteiger partial charge in [0, 0.05) is 35.6 Å². The lowest BCUT2D eigenvalue weighted by Gasteiger charge is -2.24. The number of halogens is 1. The summed E-state index contributed by atoms with van der Waals surface area (Å²) in [6.45, 7) is 6.32. The van der Waals surface area contributed by atoms with Gasteiger partial charge >= 0.3 is 0 Å². The van der Waals surface area contributed by atoms with Crippen molar-refractivity contribution in [1.82, 2.24) is 20.2 Å². The Balaban J connectivity index is 1.97. The number of benzene rings is 1. The molecule has 25 heavy (non-hydrogen) atoms. The zero-order valence-corrected chi connectivity index (χ0v) is 15.3. The van der Waals surface area contributed by atoms with E-state index in [1.165, 1.54) is 0 Å². The van der Waals surface area contributed by atoms with Crippen LogP contribution < -0.4 is 10.6 Å². The number of nitrogens with one attached hydrogen (secondary N) is 2. The third kappa shape index (κ3) is 5.60. The van der Waals surface area contributed by atoms with E-state index in [4.69, 9.17) is 11.6 Å². The van der Waals surface area contributed by atoms with Gasteiger partial charge in [-0.3, -0.25) is 9.59 Å². The second-order valence-corrected chi connectivity index (χ2v) is 6.81. The van der Waals surface area contributed by atoms with E-state index < -0.39 is 6.04 Å². The predicted octanol–water partition coefficient (Wildman–Crippen LogP) is 2.50. The van der Waals surface area contributed by atoms with E-state index >= 15 is 0 Å². The molecule has 2 atom stereocenters. The molecule has 0 bridgehead atoms. The van der Waals surface area contributed by atoms with Crippen LogP contribution in [0.2, 0.25) is 5.02 Å². The number of hydrogen-bond acceptors (Lipinski definition) is 3. The second-order valence-electron chi connectivity index (χ2n) is 6.37. The topological polar surface area (TPSA) is 76.0 Å². The predicted molar refractivity (Wildman–Crippen MR) is 97.4 cm³/mol. The van der Waals surface area contributed by atoms with E-state index in [1.54, 1.807) is 36.8 Å². The number of hydrogen-bond donors (Lipinski definition) is 2. The minimum absolute atomic E-state index is 0.0447. The maximum Gasteiger partial charge on any atom is 0.251 e. The Morgan fingerprint density at radius 1 is 1.16 bits per heavy atom. The Labute approximate surface area is 152 Å². The van der Waals surface area contributed by atoms with Crippen LogP contribution in [0, 0.1) is 5.92 Å². The lowest BCUT2D eigenvalue weighted by molar-refractivity contribution is -0.124. The summed E-state index contributed by atoms with van der Waals surface area (Å²) < 4.78 is 1.89. The van der Waals surface area contributed by atoms with Crippen LogP contribution in [-0.4, -0.2) is 33.4 Å². The minimum Gasteiger partial charge on any atom is -0.350 e. The summed E-state index contributed by atoms with van der Waals surface area (Å²) in [5, 5.41) is 6.30. The smallest absolute Gasteiger partial charge is 0.251 e. The van der Waals surface area contributed by atoms with Crippen molar-refractivity contribution < 1.29 is 9.59 Å². The molecular weight excluding hydrogens is 340 g/mol. The molecule has 134 valence electrons. The van der Waals surface area contributed by atoms with Gasteiger partial charge in [0.15, 0.2) is 0 Å². The lowest BCUT2D eigenvalue weighted by Crippen LogP contribution is -2.52. The standard InChI is InChI=1S/C18H23ClN4O2/c1-12(2)16(22-17(24)14-4-6-15(19)7-5-14)18(25)21-13(3)10-23-9-8-20-11-23/h4-9,11-13,16H,10H2,1-3H3,(H,21,25)(H,22,24)/t13-,16+/m1/s1. The van der Waals surface area contributed by atoms with E-state index in [0.29, 0.717) is 17.1 Å². The van der Waals surface area contributed by atoms with Crippen molar-refractivity contribution in [3.63, 3.8) is 0 Å². The monoisotopic (exact) mass is 362 g/mol. The Bertz CT molecular complexity index is 698. The first-order valence-corrected chi connectivity index (χ1v) is 8.57. The molecule has 0 aliphatic heterocycles. The van der Waals surface area contributed by atoms with Gasteiger partial charge in [0.2, 0.25) is 5.91 Å². The maximum atomic E-state index is 12.6. The van der Waals surface area contributed by atoms with Gasteiger partial charge in [-0.15, -0.1) is 0 Å². The fourth-order valence-corrected chi connectivity index (χ4v) is 2.58. The first kappa shape index (κ1) is 19.0. The molecule has 2 aromatic rings. The number of nitrogens with zero attached hydrogens (tertiary/aromatic N) is 2. The maximum absolute atomic E-state index is 12.6. The van der Waals surface area contributed by atoms with Crippen LogP contribution in [0.4, 0.5) is 0 Å². The second kappa shape index (κ2) is 8.67. The molecule has 0 aliphatic rings.